The number of hydrogen-bond donors (Lipinski definition) is 2. The molecule has 0 spiro atoms. The molecule has 6 heteroatoms. The Labute approximate surface area is 133 Å². The molecular formula is C16H18N4OS. The lowest BCUT2D eigenvalue weighted by atomic mass is 10.1. The van der Waals surface area contributed by atoms with Crippen LogP contribution in [0.5, 0.6) is 5.75 Å². The molecular weight excluding hydrogens is 296 g/mol. The molecule has 2 N–H and O–H groups in total. The van der Waals surface area contributed by atoms with Gasteiger partial charge in [-0.25, -0.2) is 4.98 Å². The average Bonchev–Trinajstić information content (AvgIpc) is 3.04. The third-order valence-electron chi connectivity index (χ3n) is 3.52. The summed E-state index contributed by atoms with van der Waals surface area (Å²) < 4.78 is 5.20. The van der Waals surface area contributed by atoms with Crippen LogP contribution in [0.25, 0.3) is 11.3 Å². The number of aryl methyl sites for hydroxylation is 3. The van der Waals surface area contributed by atoms with Gasteiger partial charge in [-0.3, -0.25) is 5.10 Å². The van der Waals surface area contributed by atoms with Gasteiger partial charge in [0.2, 0.25) is 0 Å². The number of nitrogens with zero attached hydrogens (tertiary/aromatic N) is 2. The van der Waals surface area contributed by atoms with Gasteiger partial charge in [-0.15, -0.1) is 11.3 Å². The first-order valence-corrected chi connectivity index (χ1v) is 7.80. The van der Waals surface area contributed by atoms with E-state index in [4.69, 9.17) is 9.72 Å². The molecule has 0 unspecified atom stereocenters. The summed E-state index contributed by atoms with van der Waals surface area (Å²) in [5.41, 5.74) is 5.03. The molecule has 3 aromatic rings. The monoisotopic (exact) mass is 314 g/mol. The highest BCUT2D eigenvalue weighted by Gasteiger charge is 2.13. The summed E-state index contributed by atoms with van der Waals surface area (Å²) in [6.45, 7) is 6.04. The molecule has 2 aromatic heterocycles. The molecule has 3 rings (SSSR count). The zero-order valence-corrected chi connectivity index (χ0v) is 13.8. The number of anilines is 2. The number of aromatic amines is 1. The van der Waals surface area contributed by atoms with E-state index >= 15 is 0 Å². The van der Waals surface area contributed by atoms with E-state index < -0.39 is 0 Å². The molecule has 0 fully saturated rings. The van der Waals surface area contributed by atoms with Gasteiger partial charge in [0.25, 0.3) is 0 Å². The summed E-state index contributed by atoms with van der Waals surface area (Å²) in [5.74, 6) is 0.847. The van der Waals surface area contributed by atoms with Crippen molar-refractivity contribution < 1.29 is 4.74 Å². The van der Waals surface area contributed by atoms with Crippen LogP contribution in [0.4, 0.5) is 10.8 Å². The van der Waals surface area contributed by atoms with Gasteiger partial charge in [0.05, 0.1) is 29.9 Å². The molecule has 0 aliphatic heterocycles. The first kappa shape index (κ1) is 14.6. The third-order valence-corrected chi connectivity index (χ3v) is 4.41. The van der Waals surface area contributed by atoms with E-state index in [1.807, 2.05) is 38.1 Å². The zero-order valence-electron chi connectivity index (χ0n) is 13.0. The van der Waals surface area contributed by atoms with Crippen LogP contribution in [-0.2, 0) is 0 Å². The molecule has 2 heterocycles. The van der Waals surface area contributed by atoms with Crippen molar-refractivity contribution in [3.63, 3.8) is 0 Å². The Kier molecular flexibility index (Phi) is 3.85. The van der Waals surface area contributed by atoms with Crippen LogP contribution in [-0.4, -0.2) is 22.3 Å². The lowest BCUT2D eigenvalue weighted by molar-refractivity contribution is 0.415. The number of H-pyrrole nitrogens is 1. The predicted octanol–water partition coefficient (Wildman–Crippen LogP) is 4.21. The zero-order chi connectivity index (χ0) is 15.7. The van der Waals surface area contributed by atoms with Crippen LogP contribution in [0, 0.1) is 20.8 Å². The second kappa shape index (κ2) is 5.81. The maximum atomic E-state index is 5.20. The lowest BCUT2D eigenvalue weighted by Gasteiger charge is -2.02. The summed E-state index contributed by atoms with van der Waals surface area (Å²) in [4.78, 5) is 5.89. The Bertz CT molecular complexity index is 770. The Balaban J connectivity index is 1.90. The van der Waals surface area contributed by atoms with Crippen molar-refractivity contribution in [2.75, 3.05) is 12.4 Å². The van der Waals surface area contributed by atoms with E-state index in [2.05, 4.69) is 22.4 Å². The molecule has 1 aromatic carbocycles. The van der Waals surface area contributed by atoms with E-state index in [1.54, 1.807) is 18.4 Å². The Morgan fingerprint density at radius 3 is 2.45 bits per heavy atom. The van der Waals surface area contributed by atoms with Gasteiger partial charge in [-0.05, 0) is 45.0 Å². The third kappa shape index (κ3) is 2.69. The molecule has 0 saturated carbocycles. The summed E-state index contributed by atoms with van der Waals surface area (Å²) in [5, 5.41) is 11.4. The Morgan fingerprint density at radius 2 is 1.86 bits per heavy atom. The highest BCUT2D eigenvalue weighted by atomic mass is 32.1. The lowest BCUT2D eigenvalue weighted by Crippen LogP contribution is -1.92. The average molecular weight is 314 g/mol. The second-order valence-electron chi connectivity index (χ2n) is 5.09. The molecule has 0 atom stereocenters. The molecule has 0 aliphatic carbocycles. The Hall–Kier alpha value is -2.34. The number of methoxy groups -OCH3 is 1. The van der Waals surface area contributed by atoms with E-state index in [-0.39, 0.29) is 0 Å². The van der Waals surface area contributed by atoms with Crippen molar-refractivity contribution in [1.82, 2.24) is 15.2 Å². The maximum absolute atomic E-state index is 5.20. The van der Waals surface area contributed by atoms with Crippen molar-refractivity contribution in [3.05, 3.63) is 40.5 Å². The van der Waals surface area contributed by atoms with Crippen molar-refractivity contribution >= 4 is 22.2 Å². The van der Waals surface area contributed by atoms with Crippen LogP contribution in [0.3, 0.4) is 0 Å². The Morgan fingerprint density at radius 1 is 1.14 bits per heavy atom. The second-order valence-corrected chi connectivity index (χ2v) is 6.29. The molecule has 0 saturated heterocycles. The standard InChI is InChI=1S/C16H18N4OS/c1-9-14(10(2)20-19-9)17-16-18-15(11(3)22-16)12-5-7-13(21-4)8-6-12/h5-8H,1-4H3,(H,17,18)(H,19,20). The fourth-order valence-corrected chi connectivity index (χ4v) is 3.15. The van der Waals surface area contributed by atoms with E-state index in [9.17, 15) is 0 Å². The smallest absolute Gasteiger partial charge is 0.188 e. The van der Waals surface area contributed by atoms with Crippen molar-refractivity contribution in [2.24, 2.45) is 0 Å². The first-order valence-electron chi connectivity index (χ1n) is 6.99. The fraction of sp³-hybridized carbons (Fsp3) is 0.250. The molecule has 114 valence electrons. The van der Waals surface area contributed by atoms with E-state index in [0.717, 1.165) is 39.2 Å². The number of rotatable bonds is 4. The van der Waals surface area contributed by atoms with Crippen molar-refractivity contribution in [3.8, 4) is 17.0 Å². The van der Waals surface area contributed by atoms with Crippen LogP contribution in [0.1, 0.15) is 16.3 Å². The largest absolute Gasteiger partial charge is 0.497 e. The summed E-state index contributed by atoms with van der Waals surface area (Å²) in [6, 6.07) is 7.95. The summed E-state index contributed by atoms with van der Waals surface area (Å²) in [7, 11) is 1.67. The van der Waals surface area contributed by atoms with Crippen molar-refractivity contribution in [2.45, 2.75) is 20.8 Å². The quantitative estimate of drug-likeness (QED) is 0.757. The number of benzene rings is 1. The fourth-order valence-electron chi connectivity index (χ4n) is 2.31. The highest BCUT2D eigenvalue weighted by molar-refractivity contribution is 7.16. The number of thiazole rings is 1. The number of aromatic nitrogens is 3. The number of hydrogen-bond acceptors (Lipinski definition) is 5. The predicted molar refractivity (Wildman–Crippen MR) is 90.2 cm³/mol. The highest BCUT2D eigenvalue weighted by Crippen LogP contribution is 2.33. The van der Waals surface area contributed by atoms with Gasteiger partial charge in [0.1, 0.15) is 5.75 Å². The molecule has 5 nitrogen and oxygen atoms in total. The molecule has 0 aliphatic rings. The maximum Gasteiger partial charge on any atom is 0.188 e. The van der Waals surface area contributed by atoms with Crippen LogP contribution in [0.15, 0.2) is 24.3 Å². The van der Waals surface area contributed by atoms with Gasteiger partial charge >= 0.3 is 0 Å². The van der Waals surface area contributed by atoms with E-state index in [0.29, 0.717) is 0 Å². The van der Waals surface area contributed by atoms with Gasteiger partial charge in [0.15, 0.2) is 5.13 Å². The van der Waals surface area contributed by atoms with Crippen LogP contribution < -0.4 is 10.1 Å². The minimum atomic E-state index is 0.847. The van der Waals surface area contributed by atoms with Crippen LogP contribution >= 0.6 is 11.3 Å². The topological polar surface area (TPSA) is 62.8 Å². The summed E-state index contributed by atoms with van der Waals surface area (Å²) in [6.07, 6.45) is 0. The normalized spacial score (nSPS) is 10.7. The van der Waals surface area contributed by atoms with Crippen LogP contribution in [0.2, 0.25) is 0 Å². The number of ether oxygens (including phenoxy) is 1. The minimum Gasteiger partial charge on any atom is -0.497 e. The molecule has 0 amide bonds. The summed E-state index contributed by atoms with van der Waals surface area (Å²) >= 11 is 1.64. The first-order chi connectivity index (χ1) is 10.6. The molecule has 0 bridgehead atoms. The molecule has 0 radical (unpaired) electrons. The van der Waals surface area contributed by atoms with Crippen molar-refractivity contribution in [1.29, 1.82) is 0 Å². The number of nitrogens with one attached hydrogen (secondary N) is 2. The van der Waals surface area contributed by atoms with Gasteiger partial charge in [-0.1, -0.05) is 0 Å². The molecule has 22 heavy (non-hydrogen) atoms. The van der Waals surface area contributed by atoms with E-state index in [1.165, 1.54) is 4.88 Å². The van der Waals surface area contributed by atoms with Gasteiger partial charge in [-0.2, -0.15) is 5.10 Å². The van der Waals surface area contributed by atoms with Gasteiger partial charge < -0.3 is 10.1 Å². The minimum absolute atomic E-state index is 0.847. The van der Waals surface area contributed by atoms with Gasteiger partial charge in [0, 0.05) is 10.4 Å². The SMILES string of the molecule is COc1ccc(-c2nc(Nc3c(C)n[nH]c3C)sc2C)cc1.